The monoisotopic (exact) mass is 410 g/mol. The molecular formula is C20H30N2O7. The van der Waals surface area contributed by atoms with Crippen molar-refractivity contribution in [3.05, 3.63) is 35.9 Å². The van der Waals surface area contributed by atoms with Crippen LogP contribution in [0.3, 0.4) is 0 Å². The second-order valence-corrected chi connectivity index (χ2v) is 7.20. The Labute approximate surface area is 171 Å². The van der Waals surface area contributed by atoms with E-state index in [-0.39, 0.29) is 19.6 Å². The molecule has 29 heavy (non-hydrogen) atoms. The van der Waals surface area contributed by atoms with Crippen molar-refractivity contribution in [2.45, 2.75) is 51.7 Å². The molecule has 0 saturated heterocycles. The zero-order valence-electron chi connectivity index (χ0n) is 17.5. The summed E-state index contributed by atoms with van der Waals surface area (Å²) in [6.45, 7) is 5.20. The van der Waals surface area contributed by atoms with Crippen LogP contribution in [0, 0.1) is 0 Å². The summed E-state index contributed by atoms with van der Waals surface area (Å²) in [4.78, 5) is 36.8. The average Bonchev–Trinajstić information content (AvgIpc) is 2.65. The van der Waals surface area contributed by atoms with Gasteiger partial charge in [-0.15, -0.1) is 0 Å². The van der Waals surface area contributed by atoms with Crippen LogP contribution < -0.4 is 10.6 Å². The number of methoxy groups -OCH3 is 2. The molecule has 2 amide bonds. The third-order valence-corrected chi connectivity index (χ3v) is 3.58. The van der Waals surface area contributed by atoms with Gasteiger partial charge in [0.2, 0.25) is 5.91 Å². The van der Waals surface area contributed by atoms with E-state index in [9.17, 15) is 14.4 Å². The van der Waals surface area contributed by atoms with E-state index < -0.39 is 35.9 Å². The molecule has 0 aliphatic carbocycles. The Morgan fingerprint density at radius 2 is 1.66 bits per heavy atom. The van der Waals surface area contributed by atoms with Crippen LogP contribution >= 0.6 is 0 Å². The number of carbonyl (C=O) groups excluding carboxylic acids is 3. The molecule has 1 aromatic carbocycles. The van der Waals surface area contributed by atoms with Crippen LogP contribution in [-0.4, -0.2) is 56.7 Å². The van der Waals surface area contributed by atoms with Gasteiger partial charge in [0.1, 0.15) is 18.2 Å². The van der Waals surface area contributed by atoms with Crippen molar-refractivity contribution in [3.8, 4) is 0 Å². The molecule has 0 aromatic heterocycles. The predicted octanol–water partition coefficient (Wildman–Crippen LogP) is 1.75. The minimum atomic E-state index is -1.18. The molecule has 9 nitrogen and oxygen atoms in total. The molecule has 162 valence electrons. The van der Waals surface area contributed by atoms with Crippen molar-refractivity contribution >= 4 is 18.0 Å². The molecule has 0 aliphatic rings. The van der Waals surface area contributed by atoms with Gasteiger partial charge in [-0.05, 0) is 26.3 Å². The van der Waals surface area contributed by atoms with Crippen molar-refractivity contribution in [3.63, 3.8) is 0 Å². The fourth-order valence-corrected chi connectivity index (χ4v) is 2.24. The summed E-state index contributed by atoms with van der Waals surface area (Å²) >= 11 is 0. The second-order valence-electron chi connectivity index (χ2n) is 7.20. The van der Waals surface area contributed by atoms with Gasteiger partial charge in [-0.3, -0.25) is 9.59 Å². The normalized spacial score (nSPS) is 12.2. The molecule has 1 rings (SSSR count). The van der Waals surface area contributed by atoms with Gasteiger partial charge in [0, 0.05) is 14.2 Å². The number of alkyl carbamates (subject to hydrolysis) is 1. The van der Waals surface area contributed by atoms with E-state index in [0.717, 1.165) is 5.56 Å². The highest BCUT2D eigenvalue weighted by atomic mass is 16.7. The van der Waals surface area contributed by atoms with Crippen molar-refractivity contribution in [2.24, 2.45) is 0 Å². The van der Waals surface area contributed by atoms with E-state index in [2.05, 4.69) is 10.6 Å². The number of hydrogen-bond acceptors (Lipinski definition) is 7. The molecule has 1 atom stereocenters. The summed E-state index contributed by atoms with van der Waals surface area (Å²) in [6, 6.07) is 7.90. The summed E-state index contributed by atoms with van der Waals surface area (Å²) < 4.78 is 20.4. The lowest BCUT2D eigenvalue weighted by molar-refractivity contribution is -0.156. The van der Waals surface area contributed by atoms with Crippen LogP contribution in [0.2, 0.25) is 0 Å². The predicted molar refractivity (Wildman–Crippen MR) is 105 cm³/mol. The molecule has 0 radical (unpaired) electrons. The zero-order chi connectivity index (χ0) is 21.9. The lowest BCUT2D eigenvalue weighted by Gasteiger charge is -2.23. The number of rotatable bonds is 10. The van der Waals surface area contributed by atoms with Crippen molar-refractivity contribution in [1.82, 2.24) is 10.6 Å². The summed E-state index contributed by atoms with van der Waals surface area (Å²) in [5, 5.41) is 4.97. The van der Waals surface area contributed by atoms with Crippen LogP contribution in [0.25, 0.3) is 0 Å². The molecular weight excluding hydrogens is 380 g/mol. The van der Waals surface area contributed by atoms with Gasteiger partial charge in [0.25, 0.3) is 0 Å². The van der Waals surface area contributed by atoms with Crippen LogP contribution in [0.4, 0.5) is 4.79 Å². The van der Waals surface area contributed by atoms with Crippen LogP contribution in [-0.2, 0) is 35.1 Å². The molecule has 0 unspecified atom stereocenters. The minimum absolute atomic E-state index is 0.0306. The maximum atomic E-state index is 12.5. The standard InChI is InChI=1S/C20H30N2O7/c1-20(2,3)29-16(23)11-15(18(24)21-12-17(26-4)27-5)22-19(25)28-13-14-9-7-6-8-10-14/h6-10,15,17H,11-13H2,1-5H3,(H,21,24)(H,22,25)/t15-/m1/s1. The molecule has 0 spiro atoms. The third kappa shape index (κ3) is 10.5. The van der Waals surface area contributed by atoms with Crippen LogP contribution in [0.1, 0.15) is 32.8 Å². The molecule has 0 bridgehead atoms. The van der Waals surface area contributed by atoms with Gasteiger partial charge in [0.15, 0.2) is 6.29 Å². The van der Waals surface area contributed by atoms with E-state index in [4.69, 9.17) is 18.9 Å². The van der Waals surface area contributed by atoms with Gasteiger partial charge in [-0.2, -0.15) is 0 Å². The Morgan fingerprint density at radius 3 is 2.21 bits per heavy atom. The average molecular weight is 410 g/mol. The highest BCUT2D eigenvalue weighted by Crippen LogP contribution is 2.10. The molecule has 2 N–H and O–H groups in total. The van der Waals surface area contributed by atoms with Gasteiger partial charge in [-0.1, -0.05) is 30.3 Å². The summed E-state index contributed by atoms with van der Waals surface area (Å²) in [6.07, 6.45) is -1.84. The van der Waals surface area contributed by atoms with E-state index in [1.807, 2.05) is 18.2 Å². The minimum Gasteiger partial charge on any atom is -0.460 e. The fourth-order valence-electron chi connectivity index (χ4n) is 2.24. The van der Waals surface area contributed by atoms with Gasteiger partial charge < -0.3 is 29.6 Å². The van der Waals surface area contributed by atoms with Crippen LogP contribution in [0.5, 0.6) is 0 Å². The summed E-state index contributed by atoms with van der Waals surface area (Å²) in [5.74, 6) is -1.22. The Bertz CT molecular complexity index is 655. The zero-order valence-corrected chi connectivity index (χ0v) is 17.5. The molecule has 0 fully saturated rings. The smallest absolute Gasteiger partial charge is 0.408 e. The largest absolute Gasteiger partial charge is 0.460 e. The Hall–Kier alpha value is -2.65. The number of ether oxygens (including phenoxy) is 4. The van der Waals surface area contributed by atoms with E-state index >= 15 is 0 Å². The van der Waals surface area contributed by atoms with Gasteiger partial charge in [0.05, 0.1) is 13.0 Å². The molecule has 0 heterocycles. The number of amides is 2. The topological polar surface area (TPSA) is 112 Å². The molecule has 0 saturated carbocycles. The van der Waals surface area contributed by atoms with Crippen LogP contribution in [0.15, 0.2) is 30.3 Å². The number of esters is 1. The number of nitrogens with one attached hydrogen (secondary N) is 2. The summed E-state index contributed by atoms with van der Waals surface area (Å²) in [5.41, 5.74) is 0.0715. The lowest BCUT2D eigenvalue weighted by Crippen LogP contribution is -2.50. The van der Waals surface area contributed by atoms with Gasteiger partial charge >= 0.3 is 12.1 Å². The number of benzene rings is 1. The lowest BCUT2D eigenvalue weighted by atomic mass is 10.1. The van der Waals surface area contributed by atoms with E-state index in [1.165, 1.54) is 14.2 Å². The van der Waals surface area contributed by atoms with E-state index in [0.29, 0.717) is 0 Å². The molecule has 9 heteroatoms. The Morgan fingerprint density at radius 1 is 1.03 bits per heavy atom. The quantitative estimate of drug-likeness (QED) is 0.446. The third-order valence-electron chi connectivity index (χ3n) is 3.58. The first-order valence-corrected chi connectivity index (χ1v) is 9.17. The highest BCUT2D eigenvalue weighted by molar-refractivity contribution is 5.89. The maximum absolute atomic E-state index is 12.5. The first-order chi connectivity index (χ1) is 13.6. The highest BCUT2D eigenvalue weighted by Gasteiger charge is 2.28. The first kappa shape index (κ1) is 24.4. The number of carbonyl (C=O) groups is 3. The maximum Gasteiger partial charge on any atom is 0.408 e. The SMILES string of the molecule is COC(CNC(=O)[C@@H](CC(=O)OC(C)(C)C)NC(=O)OCc1ccccc1)OC. The first-order valence-electron chi connectivity index (χ1n) is 9.17. The van der Waals surface area contributed by atoms with Crippen molar-refractivity contribution in [2.75, 3.05) is 20.8 Å². The van der Waals surface area contributed by atoms with Gasteiger partial charge in [-0.25, -0.2) is 4.79 Å². The van der Waals surface area contributed by atoms with E-state index in [1.54, 1.807) is 32.9 Å². The van der Waals surface area contributed by atoms with Crippen molar-refractivity contribution in [1.29, 1.82) is 0 Å². The fraction of sp³-hybridized carbons (Fsp3) is 0.550. The summed E-state index contributed by atoms with van der Waals surface area (Å²) in [7, 11) is 2.86. The second kappa shape index (κ2) is 12.0. The van der Waals surface area contributed by atoms with Crippen molar-refractivity contribution < 1.29 is 33.3 Å². The number of hydrogen-bond donors (Lipinski definition) is 2. The molecule has 0 aliphatic heterocycles. The molecule has 1 aromatic rings. The Kier molecular flexibility index (Phi) is 10.1. The Balaban J connectivity index is 2.70.